The topological polar surface area (TPSA) is 15.3 Å². The van der Waals surface area contributed by atoms with Gasteiger partial charge in [-0.05, 0) is 40.2 Å². The van der Waals surface area contributed by atoms with Crippen molar-refractivity contribution in [2.45, 2.75) is 59.5 Å². The van der Waals surface area contributed by atoms with Gasteiger partial charge in [-0.3, -0.25) is 0 Å². The predicted octanol–water partition coefficient (Wildman–Crippen LogP) is 2.74. The first-order valence-electron chi connectivity index (χ1n) is 6.25. The summed E-state index contributed by atoms with van der Waals surface area (Å²) in [6.45, 7) is 15.8. The third-order valence-electron chi connectivity index (χ3n) is 3.61. The van der Waals surface area contributed by atoms with Crippen LogP contribution in [0.2, 0.25) is 0 Å². The summed E-state index contributed by atoms with van der Waals surface area (Å²) in [6.07, 6.45) is 1.18. The van der Waals surface area contributed by atoms with E-state index in [1.807, 2.05) is 0 Å². The molecular weight excluding hydrogens is 184 g/mol. The van der Waals surface area contributed by atoms with E-state index in [4.69, 9.17) is 0 Å². The maximum absolute atomic E-state index is 3.59. The molecule has 0 amide bonds. The number of nitrogens with zero attached hydrogens (tertiary/aromatic N) is 1. The Kier molecular flexibility index (Phi) is 6.46. The number of nitrogens with one attached hydrogen (secondary N) is 1. The van der Waals surface area contributed by atoms with Crippen LogP contribution < -0.4 is 5.32 Å². The second-order valence-corrected chi connectivity index (χ2v) is 5.63. The maximum Gasteiger partial charge on any atom is 0.0123 e. The Labute approximate surface area is 96.4 Å². The molecule has 92 valence electrons. The molecule has 0 saturated carbocycles. The Hall–Kier alpha value is -0.0800. The van der Waals surface area contributed by atoms with Crippen molar-refractivity contribution in [3.8, 4) is 0 Å². The summed E-state index contributed by atoms with van der Waals surface area (Å²) in [6, 6.07) is 0.663. The molecule has 1 unspecified atom stereocenters. The predicted molar refractivity (Wildman–Crippen MR) is 69.3 cm³/mol. The largest absolute Gasteiger partial charge is 0.311 e. The molecule has 0 fully saturated rings. The monoisotopic (exact) mass is 214 g/mol. The molecule has 0 aromatic heterocycles. The van der Waals surface area contributed by atoms with Crippen LogP contribution in [0.25, 0.3) is 0 Å². The van der Waals surface area contributed by atoms with Crippen LogP contribution in [0.4, 0.5) is 0 Å². The summed E-state index contributed by atoms with van der Waals surface area (Å²) >= 11 is 0. The third-order valence-corrected chi connectivity index (χ3v) is 3.61. The van der Waals surface area contributed by atoms with Crippen LogP contribution in [0.3, 0.4) is 0 Å². The minimum Gasteiger partial charge on any atom is -0.311 e. The van der Waals surface area contributed by atoms with Gasteiger partial charge < -0.3 is 10.2 Å². The van der Waals surface area contributed by atoms with Gasteiger partial charge in [0.15, 0.2) is 0 Å². The van der Waals surface area contributed by atoms with Crippen LogP contribution in [0.1, 0.15) is 48.0 Å². The quantitative estimate of drug-likeness (QED) is 0.701. The molecule has 1 N–H and O–H groups in total. The van der Waals surface area contributed by atoms with Gasteiger partial charge in [-0.25, -0.2) is 0 Å². The molecule has 0 aromatic carbocycles. The highest BCUT2D eigenvalue weighted by atomic mass is 15.1. The highest BCUT2D eigenvalue weighted by Gasteiger charge is 2.15. The van der Waals surface area contributed by atoms with Crippen molar-refractivity contribution in [1.82, 2.24) is 10.2 Å². The summed E-state index contributed by atoms with van der Waals surface area (Å²) in [5.74, 6) is 0.731. The van der Waals surface area contributed by atoms with Crippen LogP contribution >= 0.6 is 0 Å². The van der Waals surface area contributed by atoms with Gasteiger partial charge in [0, 0.05) is 24.7 Å². The molecule has 0 saturated heterocycles. The fourth-order valence-electron chi connectivity index (χ4n) is 1.41. The molecule has 0 spiro atoms. The van der Waals surface area contributed by atoms with Crippen molar-refractivity contribution < 1.29 is 0 Å². The van der Waals surface area contributed by atoms with E-state index < -0.39 is 0 Å². The fourth-order valence-corrected chi connectivity index (χ4v) is 1.41. The molecule has 2 nitrogen and oxygen atoms in total. The van der Waals surface area contributed by atoms with Crippen molar-refractivity contribution in [2.75, 3.05) is 20.1 Å². The molecule has 1 atom stereocenters. The highest BCUT2D eigenvalue weighted by Crippen LogP contribution is 2.08. The van der Waals surface area contributed by atoms with Crippen LogP contribution in [-0.4, -0.2) is 36.6 Å². The zero-order valence-corrected chi connectivity index (χ0v) is 11.7. The molecule has 15 heavy (non-hydrogen) atoms. The lowest BCUT2D eigenvalue weighted by atomic mass is 10.0. The first-order chi connectivity index (χ1) is 6.80. The fraction of sp³-hybridized carbons (Fsp3) is 1.00. The van der Waals surface area contributed by atoms with Crippen LogP contribution in [0, 0.1) is 5.92 Å². The van der Waals surface area contributed by atoms with E-state index in [0.717, 1.165) is 19.0 Å². The van der Waals surface area contributed by atoms with Gasteiger partial charge in [-0.15, -0.1) is 0 Å². The lowest BCUT2D eigenvalue weighted by Crippen LogP contribution is -2.44. The highest BCUT2D eigenvalue weighted by molar-refractivity contribution is 4.76. The van der Waals surface area contributed by atoms with Crippen LogP contribution in [-0.2, 0) is 0 Å². The van der Waals surface area contributed by atoms with Crippen LogP contribution in [0.15, 0.2) is 0 Å². The second kappa shape index (κ2) is 6.49. The SMILES string of the molecule is CCC(C)(C)NCCN(C)C(C)C(C)C. The van der Waals surface area contributed by atoms with Gasteiger partial charge in [0.2, 0.25) is 0 Å². The minimum absolute atomic E-state index is 0.280. The zero-order chi connectivity index (χ0) is 12.1. The Bertz CT molecular complexity index is 164. The lowest BCUT2D eigenvalue weighted by Gasteiger charge is -2.30. The first kappa shape index (κ1) is 14.9. The van der Waals surface area contributed by atoms with E-state index in [1.54, 1.807) is 0 Å². The molecule has 0 bridgehead atoms. The molecule has 0 heterocycles. The molecule has 0 aromatic rings. The Morgan fingerprint density at radius 2 is 1.73 bits per heavy atom. The number of hydrogen-bond donors (Lipinski definition) is 1. The average Bonchev–Trinajstić information content (AvgIpc) is 2.16. The standard InChI is InChI=1S/C13H30N2/c1-8-13(5,6)14-9-10-15(7)12(4)11(2)3/h11-12,14H,8-10H2,1-7H3. The minimum atomic E-state index is 0.280. The summed E-state index contributed by atoms with van der Waals surface area (Å²) in [7, 11) is 2.21. The lowest BCUT2D eigenvalue weighted by molar-refractivity contribution is 0.201. The molecule has 0 aliphatic rings. The van der Waals surface area contributed by atoms with E-state index in [0.29, 0.717) is 6.04 Å². The Balaban J connectivity index is 3.77. The average molecular weight is 214 g/mol. The van der Waals surface area contributed by atoms with E-state index in [2.05, 4.69) is 58.8 Å². The molecular formula is C13H30N2. The summed E-state index contributed by atoms with van der Waals surface area (Å²) in [4.78, 5) is 2.43. The number of hydrogen-bond acceptors (Lipinski definition) is 2. The Morgan fingerprint density at radius 1 is 1.20 bits per heavy atom. The van der Waals surface area contributed by atoms with Crippen molar-refractivity contribution in [2.24, 2.45) is 5.92 Å². The van der Waals surface area contributed by atoms with Gasteiger partial charge in [0.25, 0.3) is 0 Å². The van der Waals surface area contributed by atoms with Gasteiger partial charge in [0.1, 0.15) is 0 Å². The number of rotatable bonds is 7. The molecule has 0 radical (unpaired) electrons. The van der Waals surface area contributed by atoms with E-state index >= 15 is 0 Å². The third kappa shape index (κ3) is 6.16. The molecule has 2 heteroatoms. The summed E-state index contributed by atoms with van der Waals surface area (Å²) < 4.78 is 0. The van der Waals surface area contributed by atoms with E-state index in [-0.39, 0.29) is 5.54 Å². The van der Waals surface area contributed by atoms with Crippen molar-refractivity contribution in [1.29, 1.82) is 0 Å². The van der Waals surface area contributed by atoms with Gasteiger partial charge in [-0.1, -0.05) is 20.8 Å². The zero-order valence-electron chi connectivity index (χ0n) is 11.7. The van der Waals surface area contributed by atoms with Crippen molar-refractivity contribution >= 4 is 0 Å². The van der Waals surface area contributed by atoms with E-state index in [1.165, 1.54) is 6.42 Å². The Morgan fingerprint density at radius 3 is 2.13 bits per heavy atom. The maximum atomic E-state index is 3.59. The summed E-state index contributed by atoms with van der Waals surface area (Å²) in [5, 5.41) is 3.59. The number of likely N-dealkylation sites (N-methyl/N-ethyl adjacent to an activating group) is 1. The van der Waals surface area contributed by atoms with Gasteiger partial charge in [-0.2, -0.15) is 0 Å². The normalized spacial score (nSPS) is 15.0. The van der Waals surface area contributed by atoms with Crippen molar-refractivity contribution in [3.63, 3.8) is 0 Å². The van der Waals surface area contributed by atoms with Crippen LogP contribution in [0.5, 0.6) is 0 Å². The summed E-state index contributed by atoms with van der Waals surface area (Å²) in [5.41, 5.74) is 0.280. The molecule has 0 aliphatic heterocycles. The second-order valence-electron chi connectivity index (χ2n) is 5.63. The van der Waals surface area contributed by atoms with E-state index in [9.17, 15) is 0 Å². The van der Waals surface area contributed by atoms with Gasteiger partial charge in [0.05, 0.1) is 0 Å². The molecule has 0 aliphatic carbocycles. The molecule has 0 rings (SSSR count). The first-order valence-corrected chi connectivity index (χ1v) is 6.25. The van der Waals surface area contributed by atoms with Gasteiger partial charge >= 0.3 is 0 Å². The smallest absolute Gasteiger partial charge is 0.0123 e. The van der Waals surface area contributed by atoms with Crippen molar-refractivity contribution in [3.05, 3.63) is 0 Å².